The number of carbonyl (C=O) groups excluding carboxylic acids is 1. The third-order valence-electron chi connectivity index (χ3n) is 5.40. The molecule has 4 nitrogen and oxygen atoms in total. The van der Waals surface area contributed by atoms with Gasteiger partial charge in [-0.15, -0.1) is 0 Å². The van der Waals surface area contributed by atoms with Gasteiger partial charge in [0, 0.05) is 34.8 Å². The van der Waals surface area contributed by atoms with E-state index < -0.39 is 0 Å². The van der Waals surface area contributed by atoms with E-state index in [1.54, 1.807) is 0 Å². The molecule has 0 aliphatic heterocycles. The molecular formula is C19H29N3OS. The number of hydrogen-bond donors (Lipinski definition) is 2. The molecule has 1 fully saturated rings. The van der Waals surface area contributed by atoms with Crippen molar-refractivity contribution in [1.29, 1.82) is 5.41 Å². The Bertz CT molecular complexity index is 565. The number of amides is 1. The first kappa shape index (κ1) is 17.6. The Morgan fingerprint density at radius 2 is 2.12 bits per heavy atom. The standard InChI is InChI=1S/C19H29N3OS/c1-2-24-17-8-3-13(4-9-17)19(23)22(15-5-6-15)16-7-10-18(21)14(11-16)12-20/h3,12,15-17,20H,2,4-11,21H2,1H3. The summed E-state index contributed by atoms with van der Waals surface area (Å²) in [5.41, 5.74) is 8.79. The predicted molar refractivity (Wildman–Crippen MR) is 101 cm³/mol. The molecule has 132 valence electrons. The fraction of sp³-hybridized carbons (Fsp3) is 0.684. The van der Waals surface area contributed by atoms with Gasteiger partial charge in [-0.05, 0) is 62.7 Å². The Morgan fingerprint density at radius 1 is 1.33 bits per heavy atom. The Hall–Kier alpha value is -1.23. The third-order valence-corrected chi connectivity index (χ3v) is 6.63. The molecule has 0 bridgehead atoms. The minimum absolute atomic E-state index is 0.220. The van der Waals surface area contributed by atoms with Crippen molar-refractivity contribution < 1.29 is 4.79 Å². The van der Waals surface area contributed by atoms with Gasteiger partial charge in [0.2, 0.25) is 5.91 Å². The molecule has 0 heterocycles. The van der Waals surface area contributed by atoms with E-state index in [1.165, 1.54) is 6.21 Å². The molecule has 3 aliphatic rings. The molecule has 0 aromatic carbocycles. The fourth-order valence-corrected chi connectivity index (χ4v) is 4.89. The fourth-order valence-electron chi connectivity index (χ4n) is 3.90. The van der Waals surface area contributed by atoms with Crippen molar-refractivity contribution in [3.05, 3.63) is 22.9 Å². The molecule has 5 heteroatoms. The number of nitrogens with two attached hydrogens (primary N) is 1. The molecule has 3 rings (SSSR count). The average Bonchev–Trinajstić information content (AvgIpc) is 3.42. The van der Waals surface area contributed by atoms with E-state index in [4.69, 9.17) is 11.1 Å². The van der Waals surface area contributed by atoms with Gasteiger partial charge >= 0.3 is 0 Å². The van der Waals surface area contributed by atoms with E-state index in [0.717, 1.165) is 74.0 Å². The topological polar surface area (TPSA) is 70.2 Å². The van der Waals surface area contributed by atoms with Gasteiger partial charge in [-0.1, -0.05) is 13.0 Å². The van der Waals surface area contributed by atoms with Crippen LogP contribution in [-0.2, 0) is 4.79 Å². The highest BCUT2D eigenvalue weighted by molar-refractivity contribution is 7.99. The second kappa shape index (κ2) is 7.77. The van der Waals surface area contributed by atoms with Gasteiger partial charge in [-0.3, -0.25) is 4.79 Å². The van der Waals surface area contributed by atoms with Crippen molar-refractivity contribution in [3.63, 3.8) is 0 Å². The number of hydrogen-bond acceptors (Lipinski definition) is 4. The zero-order chi connectivity index (χ0) is 17.1. The molecular weight excluding hydrogens is 318 g/mol. The highest BCUT2D eigenvalue weighted by Gasteiger charge is 2.39. The van der Waals surface area contributed by atoms with Crippen LogP contribution >= 0.6 is 11.8 Å². The smallest absolute Gasteiger partial charge is 0.249 e. The number of carbonyl (C=O) groups is 1. The van der Waals surface area contributed by atoms with Gasteiger partial charge in [0.05, 0.1) is 0 Å². The summed E-state index contributed by atoms with van der Waals surface area (Å²) in [4.78, 5) is 15.3. The molecule has 0 radical (unpaired) electrons. The summed E-state index contributed by atoms with van der Waals surface area (Å²) in [7, 11) is 0. The van der Waals surface area contributed by atoms with Crippen molar-refractivity contribution in [2.24, 2.45) is 5.73 Å². The number of rotatable bonds is 6. The Labute approximate surface area is 149 Å². The second-order valence-electron chi connectivity index (χ2n) is 7.12. The Balaban J connectivity index is 1.70. The summed E-state index contributed by atoms with van der Waals surface area (Å²) in [6.45, 7) is 2.20. The van der Waals surface area contributed by atoms with E-state index in [9.17, 15) is 4.79 Å². The maximum atomic E-state index is 13.2. The van der Waals surface area contributed by atoms with Crippen LogP contribution in [0.5, 0.6) is 0 Å². The molecule has 0 spiro atoms. The van der Waals surface area contributed by atoms with Crippen LogP contribution in [0.1, 0.15) is 58.3 Å². The maximum absolute atomic E-state index is 13.2. The van der Waals surface area contributed by atoms with Crippen molar-refractivity contribution in [3.8, 4) is 0 Å². The zero-order valence-electron chi connectivity index (χ0n) is 14.6. The van der Waals surface area contributed by atoms with Crippen molar-refractivity contribution >= 4 is 23.9 Å². The van der Waals surface area contributed by atoms with Crippen LogP contribution in [0.25, 0.3) is 0 Å². The van der Waals surface area contributed by atoms with Crippen LogP contribution in [0.3, 0.4) is 0 Å². The normalized spacial score (nSPS) is 27.6. The van der Waals surface area contributed by atoms with Crippen LogP contribution in [0, 0.1) is 5.41 Å². The van der Waals surface area contributed by atoms with E-state index >= 15 is 0 Å². The lowest BCUT2D eigenvalue weighted by molar-refractivity contribution is -0.130. The van der Waals surface area contributed by atoms with E-state index in [2.05, 4.69) is 17.9 Å². The maximum Gasteiger partial charge on any atom is 0.249 e. The molecule has 1 amide bonds. The first-order valence-corrected chi connectivity index (χ1v) is 10.3. The van der Waals surface area contributed by atoms with Crippen molar-refractivity contribution in [2.75, 3.05) is 5.75 Å². The van der Waals surface area contributed by atoms with Gasteiger partial charge in [-0.25, -0.2) is 0 Å². The van der Waals surface area contributed by atoms with Crippen LogP contribution in [0.4, 0.5) is 0 Å². The summed E-state index contributed by atoms with van der Waals surface area (Å²) < 4.78 is 0. The number of thioether (sulfide) groups is 1. The summed E-state index contributed by atoms with van der Waals surface area (Å²) in [5, 5.41) is 8.25. The average molecular weight is 348 g/mol. The highest BCUT2D eigenvalue weighted by Crippen LogP contribution is 2.37. The molecule has 3 N–H and O–H groups in total. The lowest BCUT2D eigenvalue weighted by Gasteiger charge is -2.36. The quantitative estimate of drug-likeness (QED) is 0.721. The van der Waals surface area contributed by atoms with Crippen LogP contribution in [-0.4, -0.2) is 40.1 Å². The lowest BCUT2D eigenvalue weighted by atomic mass is 9.90. The largest absolute Gasteiger partial charge is 0.402 e. The minimum atomic E-state index is 0.220. The zero-order valence-corrected chi connectivity index (χ0v) is 15.4. The van der Waals surface area contributed by atoms with Crippen LogP contribution in [0.15, 0.2) is 22.9 Å². The minimum Gasteiger partial charge on any atom is -0.402 e. The molecule has 24 heavy (non-hydrogen) atoms. The monoisotopic (exact) mass is 347 g/mol. The highest BCUT2D eigenvalue weighted by atomic mass is 32.2. The third kappa shape index (κ3) is 3.88. The van der Waals surface area contributed by atoms with Gasteiger partial charge in [-0.2, -0.15) is 11.8 Å². The predicted octanol–water partition coefficient (Wildman–Crippen LogP) is 3.62. The number of nitrogens with zero attached hydrogens (tertiary/aromatic N) is 1. The van der Waals surface area contributed by atoms with E-state index in [0.29, 0.717) is 11.3 Å². The Kier molecular flexibility index (Phi) is 5.69. The van der Waals surface area contributed by atoms with Crippen molar-refractivity contribution in [1.82, 2.24) is 4.90 Å². The van der Waals surface area contributed by atoms with E-state index in [-0.39, 0.29) is 11.9 Å². The number of nitrogens with one attached hydrogen (secondary N) is 1. The molecule has 2 atom stereocenters. The van der Waals surface area contributed by atoms with Crippen molar-refractivity contribution in [2.45, 2.75) is 75.6 Å². The first-order chi connectivity index (χ1) is 11.6. The SMILES string of the molecule is CCSC1CC=C(C(=O)N(C2CC2)C2CCC(N)=C(C=N)C2)CC1. The molecule has 0 saturated heterocycles. The van der Waals surface area contributed by atoms with Gasteiger partial charge in [0.1, 0.15) is 0 Å². The molecule has 0 aromatic rings. The van der Waals surface area contributed by atoms with Gasteiger partial charge in [0.15, 0.2) is 0 Å². The molecule has 3 aliphatic carbocycles. The van der Waals surface area contributed by atoms with Gasteiger partial charge < -0.3 is 16.0 Å². The molecule has 2 unspecified atom stereocenters. The summed E-state index contributed by atoms with van der Waals surface area (Å²) in [6.07, 6.45) is 11.4. The van der Waals surface area contributed by atoms with Gasteiger partial charge in [0.25, 0.3) is 0 Å². The second-order valence-corrected chi connectivity index (χ2v) is 8.69. The summed E-state index contributed by atoms with van der Waals surface area (Å²) in [5.74, 6) is 1.41. The first-order valence-electron chi connectivity index (χ1n) is 9.25. The molecule has 0 aromatic heterocycles. The summed E-state index contributed by atoms with van der Waals surface area (Å²) >= 11 is 2.01. The number of allylic oxidation sites excluding steroid dienone is 2. The van der Waals surface area contributed by atoms with Crippen LogP contribution < -0.4 is 5.73 Å². The lowest BCUT2D eigenvalue weighted by Crippen LogP contribution is -2.45. The van der Waals surface area contributed by atoms with E-state index in [1.807, 2.05) is 11.8 Å². The molecule has 1 saturated carbocycles. The summed E-state index contributed by atoms with van der Waals surface area (Å²) in [6, 6.07) is 0.634. The Morgan fingerprint density at radius 3 is 2.71 bits per heavy atom. The van der Waals surface area contributed by atoms with Crippen LogP contribution in [0.2, 0.25) is 0 Å².